The predicted octanol–water partition coefficient (Wildman–Crippen LogP) is 4.01. The predicted molar refractivity (Wildman–Crippen MR) is 73.1 cm³/mol. The molecule has 1 rings (SSSR count). The fourth-order valence-corrected chi connectivity index (χ4v) is 1.67. The first-order chi connectivity index (χ1) is 8.41. The van der Waals surface area contributed by atoms with Gasteiger partial charge in [-0.3, -0.25) is 9.80 Å². The molecule has 0 spiro atoms. The average molecular weight is 247 g/mol. The Morgan fingerprint density at radius 2 is 1.56 bits per heavy atom. The van der Waals surface area contributed by atoms with E-state index in [1.807, 2.05) is 5.01 Å². The lowest BCUT2D eigenvalue weighted by Crippen LogP contribution is -2.31. The van der Waals surface area contributed by atoms with Crippen LogP contribution >= 0.6 is 0 Å². The maximum Gasteiger partial charge on any atom is 0.159 e. The molecular formula is C14H21N3O. The largest absolute Gasteiger partial charge is 0.295 e. The molecular weight excluding hydrogens is 226 g/mol. The van der Waals surface area contributed by atoms with Gasteiger partial charge in [-0.05, 0) is 58.9 Å². The highest BCUT2D eigenvalue weighted by Gasteiger charge is 2.10. The van der Waals surface area contributed by atoms with Crippen molar-refractivity contribution >= 4 is 11.5 Å². The van der Waals surface area contributed by atoms with Gasteiger partial charge in [-0.15, -0.1) is 5.11 Å². The summed E-state index contributed by atoms with van der Waals surface area (Å²) in [5.74, 6) is 0.0597. The summed E-state index contributed by atoms with van der Waals surface area (Å²) in [6.45, 7) is 9.88. The topological polar surface area (TPSA) is 45.0 Å². The second kappa shape index (κ2) is 6.28. The van der Waals surface area contributed by atoms with Crippen LogP contribution in [0.4, 0.5) is 5.69 Å². The molecule has 0 aliphatic rings. The molecule has 0 radical (unpaired) electrons. The monoisotopic (exact) mass is 247 g/mol. The second-order valence-corrected chi connectivity index (χ2v) is 4.86. The van der Waals surface area contributed by atoms with E-state index in [2.05, 4.69) is 38.0 Å². The van der Waals surface area contributed by atoms with Gasteiger partial charge in [-0.25, -0.2) is 0 Å². The summed E-state index contributed by atoms with van der Waals surface area (Å²) in [7, 11) is 0. The number of nitrogens with zero attached hydrogens (tertiary/aromatic N) is 3. The smallest absolute Gasteiger partial charge is 0.159 e. The first kappa shape index (κ1) is 14.4. The molecule has 1 aromatic rings. The summed E-state index contributed by atoms with van der Waals surface area (Å²) in [6, 6.07) is 7.77. The second-order valence-electron chi connectivity index (χ2n) is 4.86. The molecule has 0 bridgehead atoms. The highest BCUT2D eigenvalue weighted by atomic mass is 16.1. The maximum atomic E-state index is 11.1. The van der Waals surface area contributed by atoms with Gasteiger partial charge in [0.15, 0.2) is 5.78 Å². The van der Waals surface area contributed by atoms with Gasteiger partial charge in [0, 0.05) is 17.6 Å². The van der Waals surface area contributed by atoms with Gasteiger partial charge in [0.2, 0.25) is 0 Å². The number of ketones is 1. The molecule has 18 heavy (non-hydrogen) atoms. The normalized spacial score (nSPS) is 11.5. The SMILES string of the molecule is CC(=O)c1ccc(/N=N/N(C(C)C)C(C)C)cc1. The first-order valence-corrected chi connectivity index (χ1v) is 6.22. The van der Waals surface area contributed by atoms with E-state index in [-0.39, 0.29) is 5.78 Å². The van der Waals surface area contributed by atoms with E-state index in [4.69, 9.17) is 0 Å². The first-order valence-electron chi connectivity index (χ1n) is 6.22. The number of carbonyl (C=O) groups is 1. The van der Waals surface area contributed by atoms with Crippen molar-refractivity contribution in [3.8, 4) is 0 Å². The molecule has 98 valence electrons. The Morgan fingerprint density at radius 1 is 1.06 bits per heavy atom. The summed E-state index contributed by atoms with van der Waals surface area (Å²) in [5.41, 5.74) is 1.45. The number of Topliss-reactive ketones (excluding diaryl/α,β-unsaturated/α-hetero) is 1. The van der Waals surface area contributed by atoms with Gasteiger partial charge >= 0.3 is 0 Å². The van der Waals surface area contributed by atoms with Crippen LogP contribution in [-0.2, 0) is 0 Å². The molecule has 4 heteroatoms. The lowest BCUT2D eigenvalue weighted by molar-refractivity contribution is 0.101. The summed E-state index contributed by atoms with van der Waals surface area (Å²) >= 11 is 0. The van der Waals surface area contributed by atoms with Crippen LogP contribution in [0.5, 0.6) is 0 Å². The minimum atomic E-state index is 0.0597. The molecule has 0 fully saturated rings. The van der Waals surface area contributed by atoms with Gasteiger partial charge < -0.3 is 0 Å². The molecule has 0 unspecified atom stereocenters. The summed E-state index contributed by atoms with van der Waals surface area (Å²) in [4.78, 5) is 11.1. The van der Waals surface area contributed by atoms with E-state index in [0.717, 1.165) is 5.69 Å². The average Bonchev–Trinajstić information content (AvgIpc) is 2.28. The van der Waals surface area contributed by atoms with Crippen LogP contribution in [0.2, 0.25) is 0 Å². The van der Waals surface area contributed by atoms with E-state index in [9.17, 15) is 4.79 Å². The van der Waals surface area contributed by atoms with Gasteiger partial charge in [0.25, 0.3) is 0 Å². The van der Waals surface area contributed by atoms with Crippen molar-refractivity contribution in [1.29, 1.82) is 0 Å². The zero-order valence-corrected chi connectivity index (χ0v) is 11.7. The zero-order chi connectivity index (χ0) is 13.7. The van der Waals surface area contributed by atoms with Crippen LogP contribution in [0.15, 0.2) is 34.6 Å². The zero-order valence-electron chi connectivity index (χ0n) is 11.7. The Balaban J connectivity index is 2.80. The van der Waals surface area contributed by atoms with Crippen LogP contribution in [0.3, 0.4) is 0 Å². The Labute approximate surface area is 109 Å². The third kappa shape index (κ3) is 3.95. The minimum absolute atomic E-state index is 0.0597. The third-order valence-corrected chi connectivity index (χ3v) is 2.60. The Morgan fingerprint density at radius 3 is 1.94 bits per heavy atom. The van der Waals surface area contributed by atoms with Crippen molar-refractivity contribution in [2.45, 2.75) is 46.7 Å². The summed E-state index contributed by atoms with van der Waals surface area (Å²) in [6.07, 6.45) is 0. The molecule has 0 saturated carbocycles. The van der Waals surface area contributed by atoms with Crippen LogP contribution in [0.1, 0.15) is 45.0 Å². The third-order valence-electron chi connectivity index (χ3n) is 2.60. The van der Waals surface area contributed by atoms with Crippen molar-refractivity contribution in [3.05, 3.63) is 29.8 Å². The molecule has 0 N–H and O–H groups in total. The molecule has 0 aliphatic heterocycles. The van der Waals surface area contributed by atoms with Crippen LogP contribution in [-0.4, -0.2) is 22.9 Å². The molecule has 1 aromatic carbocycles. The number of carbonyl (C=O) groups excluding carboxylic acids is 1. The summed E-state index contributed by atoms with van der Waals surface area (Å²) < 4.78 is 0. The van der Waals surface area contributed by atoms with Gasteiger partial charge in [-0.1, -0.05) is 5.22 Å². The molecule has 0 heterocycles. The number of rotatable bonds is 5. The van der Waals surface area contributed by atoms with Crippen molar-refractivity contribution < 1.29 is 4.79 Å². The van der Waals surface area contributed by atoms with Crippen molar-refractivity contribution in [3.63, 3.8) is 0 Å². The molecule has 4 nitrogen and oxygen atoms in total. The molecule has 0 saturated heterocycles. The van der Waals surface area contributed by atoms with E-state index in [1.54, 1.807) is 31.2 Å². The van der Waals surface area contributed by atoms with E-state index >= 15 is 0 Å². The minimum Gasteiger partial charge on any atom is -0.295 e. The van der Waals surface area contributed by atoms with Crippen LogP contribution in [0, 0.1) is 0 Å². The fourth-order valence-electron chi connectivity index (χ4n) is 1.67. The highest BCUT2D eigenvalue weighted by molar-refractivity contribution is 5.94. The van der Waals surface area contributed by atoms with Crippen molar-refractivity contribution in [1.82, 2.24) is 5.01 Å². The molecule has 0 aromatic heterocycles. The Kier molecular flexibility index (Phi) is 5.01. The number of hydrogen-bond acceptors (Lipinski definition) is 3. The van der Waals surface area contributed by atoms with Gasteiger partial charge in [0.05, 0.1) is 5.69 Å². The van der Waals surface area contributed by atoms with Crippen LogP contribution in [0.25, 0.3) is 0 Å². The van der Waals surface area contributed by atoms with Crippen molar-refractivity contribution in [2.75, 3.05) is 0 Å². The lowest BCUT2D eigenvalue weighted by Gasteiger charge is -2.25. The fraction of sp³-hybridized carbons (Fsp3) is 0.500. The van der Waals surface area contributed by atoms with Gasteiger partial charge in [0.1, 0.15) is 0 Å². The standard InChI is InChI=1S/C14H21N3O/c1-10(2)17(11(3)4)16-15-14-8-6-13(7-9-14)12(5)18/h6-11H,1-5H3/b16-15+. The van der Waals surface area contributed by atoms with E-state index in [0.29, 0.717) is 17.6 Å². The molecule has 0 atom stereocenters. The Hall–Kier alpha value is -1.71. The van der Waals surface area contributed by atoms with E-state index in [1.165, 1.54) is 0 Å². The summed E-state index contributed by atoms with van der Waals surface area (Å²) in [5, 5.41) is 10.4. The van der Waals surface area contributed by atoms with Gasteiger partial charge in [-0.2, -0.15) is 0 Å². The van der Waals surface area contributed by atoms with Crippen LogP contribution < -0.4 is 0 Å². The Bertz CT molecular complexity index is 413. The highest BCUT2D eigenvalue weighted by Crippen LogP contribution is 2.16. The number of benzene rings is 1. The lowest BCUT2D eigenvalue weighted by atomic mass is 10.1. The van der Waals surface area contributed by atoms with Crippen molar-refractivity contribution in [2.24, 2.45) is 10.3 Å². The quantitative estimate of drug-likeness (QED) is 0.448. The number of hydrogen-bond donors (Lipinski definition) is 0. The maximum absolute atomic E-state index is 11.1. The molecule has 0 amide bonds. The van der Waals surface area contributed by atoms with E-state index < -0.39 is 0 Å². The molecule has 0 aliphatic carbocycles.